The van der Waals surface area contributed by atoms with E-state index in [1.807, 2.05) is 46.9 Å². The maximum atomic E-state index is 14.8. The van der Waals surface area contributed by atoms with Gasteiger partial charge in [-0.05, 0) is 110 Å². The summed E-state index contributed by atoms with van der Waals surface area (Å²) in [5.41, 5.74) is 5.65. The van der Waals surface area contributed by atoms with Crippen molar-refractivity contribution in [2.75, 3.05) is 5.32 Å². The van der Waals surface area contributed by atoms with E-state index in [2.05, 4.69) is 26.2 Å². The third-order valence-corrected chi connectivity index (χ3v) is 11.4. The third kappa shape index (κ3) is 9.11. The number of nitrogens with one attached hydrogen (secondary N) is 2. The number of aromatic nitrogens is 3. The molecule has 0 saturated carbocycles. The lowest BCUT2D eigenvalue weighted by molar-refractivity contribution is -0.143. The second kappa shape index (κ2) is 17.4. The first kappa shape index (κ1) is 44.3. The zero-order valence-corrected chi connectivity index (χ0v) is 34.4. The molecule has 5 rings (SSSR count). The number of nitrogens with zero attached hydrogens (tertiary/aromatic N) is 3. The van der Waals surface area contributed by atoms with Crippen molar-refractivity contribution in [2.24, 2.45) is 14.1 Å². The number of aliphatic carboxylic acids is 1. The highest BCUT2D eigenvalue weighted by Crippen LogP contribution is 2.32. The normalized spacial score (nSPS) is 12.5. The summed E-state index contributed by atoms with van der Waals surface area (Å²) >= 11 is 3.28. The van der Waals surface area contributed by atoms with Crippen LogP contribution in [0.3, 0.4) is 0 Å². The molecule has 3 N–H and O–H groups in total. The number of pyridine rings is 3. The zero-order valence-electron chi connectivity index (χ0n) is 32.8. The van der Waals surface area contributed by atoms with Crippen LogP contribution in [-0.4, -0.2) is 49.4 Å². The summed E-state index contributed by atoms with van der Waals surface area (Å²) in [6.45, 7) is 12.7. The van der Waals surface area contributed by atoms with Gasteiger partial charge in [0.15, 0.2) is 0 Å². The maximum Gasteiger partial charge on any atom is 0.408 e. The number of hydrogen-bond acceptors (Lipinski definition) is 6. The molecule has 10 nitrogen and oxygen atoms in total. The molecular weight excluding hydrogens is 817 g/mol. The Kier molecular flexibility index (Phi) is 13.5. The first-order valence-corrected chi connectivity index (χ1v) is 18.5. The molecule has 2 atom stereocenters. The summed E-state index contributed by atoms with van der Waals surface area (Å²) in [6.07, 6.45) is -3.90. The summed E-state index contributed by atoms with van der Waals surface area (Å²) in [6, 6.07) is 3.88. The fourth-order valence-electron chi connectivity index (χ4n) is 6.41. The minimum absolute atomic E-state index is 0.0376. The number of anilines is 1. The molecule has 57 heavy (non-hydrogen) atoms. The summed E-state index contributed by atoms with van der Waals surface area (Å²) in [4.78, 5) is 54.3. The van der Waals surface area contributed by atoms with Gasteiger partial charge in [-0.3, -0.25) is 19.4 Å². The summed E-state index contributed by atoms with van der Waals surface area (Å²) in [5, 5.41) is 14.5. The molecule has 1 amide bonds. The molecule has 0 aliphatic carbocycles. The molecule has 16 heteroatoms. The Bertz CT molecular complexity index is 2460. The van der Waals surface area contributed by atoms with E-state index in [1.54, 1.807) is 42.9 Å². The lowest BCUT2D eigenvalue weighted by Crippen LogP contribution is -2.43. The molecule has 304 valence electrons. The molecule has 0 saturated heterocycles. The van der Waals surface area contributed by atoms with Gasteiger partial charge < -0.3 is 24.9 Å². The average molecular weight is 861 g/mol. The molecule has 2 aromatic carbocycles. The van der Waals surface area contributed by atoms with E-state index in [0.717, 1.165) is 28.1 Å². The molecular formula is C41H43BrF5N5O5. The van der Waals surface area contributed by atoms with Crippen LogP contribution in [0.1, 0.15) is 62.9 Å². The number of carboxylic acid groups (broad SMARTS) is 1. The van der Waals surface area contributed by atoms with Crippen molar-refractivity contribution in [1.82, 2.24) is 19.4 Å². The standard InChI is InChI=1S/C32H31F5N4O4.C9H12BrNO/c1-6-25(32(35,36)37)39-19-13-22(33)27(23(34)14-19)29(42)40-24(31(44)45)12-18-9-10-21(28-20(18)8-7-11-38-28)26-16(3)15(2)17(4)41(5)30(26)43;1-5-6(2)8(10)9(12)11(4)7(5)3/h7-11,13-14,24-25,39H,6,12H2,1-5H3,(H,40,42)(H,44,45);1-4H3/t24-,25+;/m0./s1. The Morgan fingerprint density at radius 1 is 0.877 bits per heavy atom. The van der Waals surface area contributed by atoms with Gasteiger partial charge in [0.05, 0.1) is 15.6 Å². The van der Waals surface area contributed by atoms with Crippen LogP contribution in [0.5, 0.6) is 0 Å². The Labute approximate surface area is 333 Å². The Balaban J connectivity index is 0.000000512. The van der Waals surface area contributed by atoms with Crippen LogP contribution in [-0.2, 0) is 25.3 Å². The summed E-state index contributed by atoms with van der Waals surface area (Å²) < 4.78 is 72.9. The molecule has 0 unspecified atom stereocenters. The molecule has 0 spiro atoms. The second-order valence-corrected chi connectivity index (χ2v) is 14.6. The molecule has 0 aliphatic rings. The predicted octanol–water partition coefficient (Wildman–Crippen LogP) is 8.06. The number of carboxylic acids is 1. The van der Waals surface area contributed by atoms with Gasteiger partial charge in [-0.2, -0.15) is 13.2 Å². The van der Waals surface area contributed by atoms with Crippen molar-refractivity contribution in [2.45, 2.75) is 79.6 Å². The highest BCUT2D eigenvalue weighted by Gasteiger charge is 2.38. The van der Waals surface area contributed by atoms with Crippen LogP contribution in [0.15, 0.2) is 56.7 Å². The minimum atomic E-state index is -4.68. The maximum absolute atomic E-state index is 14.8. The predicted molar refractivity (Wildman–Crippen MR) is 213 cm³/mol. The minimum Gasteiger partial charge on any atom is -0.480 e. The van der Waals surface area contributed by atoms with Crippen molar-refractivity contribution in [3.05, 3.63) is 124 Å². The topological polar surface area (TPSA) is 135 Å². The van der Waals surface area contributed by atoms with Gasteiger partial charge >= 0.3 is 12.1 Å². The largest absolute Gasteiger partial charge is 0.480 e. The molecule has 0 bridgehead atoms. The van der Waals surface area contributed by atoms with Crippen molar-refractivity contribution >= 4 is 44.4 Å². The Hall–Kier alpha value is -5.38. The third-order valence-electron chi connectivity index (χ3n) is 10.5. The van der Waals surface area contributed by atoms with E-state index in [4.69, 9.17) is 0 Å². The average Bonchev–Trinajstić information content (AvgIpc) is 3.16. The highest BCUT2D eigenvalue weighted by molar-refractivity contribution is 9.10. The number of fused-ring (bicyclic) bond motifs is 1. The van der Waals surface area contributed by atoms with Gasteiger partial charge in [0.2, 0.25) is 0 Å². The molecule has 3 aromatic heterocycles. The fraction of sp³-hybridized carbons (Fsp3) is 0.341. The summed E-state index contributed by atoms with van der Waals surface area (Å²) in [7, 11) is 3.45. The van der Waals surface area contributed by atoms with Crippen molar-refractivity contribution in [1.29, 1.82) is 0 Å². The van der Waals surface area contributed by atoms with Gasteiger partial charge in [-0.15, -0.1) is 0 Å². The van der Waals surface area contributed by atoms with Gasteiger partial charge in [-0.1, -0.05) is 25.1 Å². The number of alkyl halides is 3. The first-order chi connectivity index (χ1) is 26.5. The van der Waals surface area contributed by atoms with Crippen LogP contribution in [0.25, 0.3) is 22.0 Å². The number of rotatable bonds is 9. The van der Waals surface area contributed by atoms with Crippen molar-refractivity contribution in [3.63, 3.8) is 0 Å². The van der Waals surface area contributed by atoms with Crippen LogP contribution < -0.4 is 21.8 Å². The highest BCUT2D eigenvalue weighted by atomic mass is 79.9. The van der Waals surface area contributed by atoms with E-state index < -0.39 is 59.4 Å². The number of carbonyl (C=O) groups is 2. The monoisotopic (exact) mass is 859 g/mol. The van der Waals surface area contributed by atoms with E-state index in [-0.39, 0.29) is 17.5 Å². The molecule has 5 aromatic rings. The van der Waals surface area contributed by atoms with Gasteiger partial charge in [0.1, 0.15) is 29.3 Å². The lowest BCUT2D eigenvalue weighted by atomic mass is 9.92. The van der Waals surface area contributed by atoms with Gasteiger partial charge in [0.25, 0.3) is 17.0 Å². The van der Waals surface area contributed by atoms with Crippen LogP contribution in [0.2, 0.25) is 0 Å². The smallest absolute Gasteiger partial charge is 0.408 e. The Morgan fingerprint density at radius 3 is 1.98 bits per heavy atom. The van der Waals surface area contributed by atoms with Gasteiger partial charge in [-0.25, -0.2) is 13.6 Å². The van der Waals surface area contributed by atoms with E-state index >= 15 is 0 Å². The van der Waals surface area contributed by atoms with Crippen LogP contribution in [0.4, 0.5) is 27.6 Å². The first-order valence-electron chi connectivity index (χ1n) is 17.7. The zero-order chi connectivity index (χ0) is 42.8. The molecule has 0 radical (unpaired) electrons. The lowest BCUT2D eigenvalue weighted by Gasteiger charge is -2.22. The second-order valence-electron chi connectivity index (χ2n) is 13.8. The summed E-state index contributed by atoms with van der Waals surface area (Å²) in [5.74, 6) is -5.85. The fourth-order valence-corrected chi connectivity index (χ4v) is 6.97. The SMILES string of the molecule is CC[C@@H](Nc1cc(F)c(C(=O)N[C@@H](Cc2ccc(-c3c(C)c(C)c(C)n(C)c3=O)c3ncccc23)C(=O)O)c(F)c1)C(F)(F)F.Cc1c(C)c(C)n(C)c(=O)c1Br. The Morgan fingerprint density at radius 2 is 1.44 bits per heavy atom. The molecule has 3 heterocycles. The quantitative estimate of drug-likeness (QED) is 0.128. The van der Waals surface area contributed by atoms with Crippen LogP contribution >= 0.6 is 15.9 Å². The van der Waals surface area contributed by atoms with E-state index in [1.165, 1.54) is 23.3 Å². The number of benzene rings is 2. The van der Waals surface area contributed by atoms with E-state index in [9.17, 15) is 46.2 Å². The van der Waals surface area contributed by atoms with Crippen LogP contribution in [0, 0.1) is 53.2 Å². The van der Waals surface area contributed by atoms with Crippen molar-refractivity contribution < 1.29 is 36.6 Å². The number of halogens is 6. The van der Waals surface area contributed by atoms with Crippen molar-refractivity contribution in [3.8, 4) is 11.1 Å². The molecule has 0 aliphatic heterocycles. The number of amides is 1. The number of carbonyl (C=O) groups excluding carboxylic acids is 1. The molecule has 0 fully saturated rings. The number of hydrogen-bond donors (Lipinski definition) is 3. The van der Waals surface area contributed by atoms with E-state index in [0.29, 0.717) is 44.2 Å². The van der Waals surface area contributed by atoms with Gasteiger partial charge in [0, 0.05) is 54.7 Å².